The number of rotatable bonds is 8. The molecule has 0 bridgehead atoms. The Balaban J connectivity index is 2.44. The lowest BCUT2D eigenvalue weighted by Crippen LogP contribution is -2.03. The van der Waals surface area contributed by atoms with E-state index in [1.807, 2.05) is 0 Å². The second kappa shape index (κ2) is 7.92. The summed E-state index contributed by atoms with van der Waals surface area (Å²) in [7, 11) is 0. The third kappa shape index (κ3) is 4.91. The molecule has 0 aliphatic carbocycles. The standard InChI is InChI=1S/C12H18N2O3S/c1-10-6-7-11(12(13-10)14(15)16)17-8-4-2-3-5-9-18/h6-7,18H,2-5,8-9H2,1H3. The van der Waals surface area contributed by atoms with Crippen LogP contribution in [0.2, 0.25) is 0 Å². The summed E-state index contributed by atoms with van der Waals surface area (Å²) in [6, 6.07) is 3.32. The fourth-order valence-electron chi connectivity index (χ4n) is 1.52. The lowest BCUT2D eigenvalue weighted by Gasteiger charge is -2.06. The Morgan fingerprint density at radius 3 is 2.72 bits per heavy atom. The normalized spacial score (nSPS) is 10.3. The van der Waals surface area contributed by atoms with E-state index in [0.717, 1.165) is 31.4 Å². The molecule has 0 N–H and O–H groups in total. The maximum atomic E-state index is 10.8. The largest absolute Gasteiger partial charge is 0.486 e. The molecule has 0 spiro atoms. The van der Waals surface area contributed by atoms with Gasteiger partial charge in [0, 0.05) is 6.92 Å². The highest BCUT2D eigenvalue weighted by atomic mass is 32.1. The minimum Gasteiger partial charge on any atom is -0.486 e. The second-order valence-electron chi connectivity index (χ2n) is 4.02. The van der Waals surface area contributed by atoms with Crippen LogP contribution in [0.4, 0.5) is 5.82 Å². The molecular weight excluding hydrogens is 252 g/mol. The van der Waals surface area contributed by atoms with Crippen molar-refractivity contribution in [1.82, 2.24) is 4.98 Å². The molecule has 1 aromatic heterocycles. The van der Waals surface area contributed by atoms with Crippen LogP contribution in [0.15, 0.2) is 12.1 Å². The van der Waals surface area contributed by atoms with Crippen molar-refractivity contribution >= 4 is 18.4 Å². The summed E-state index contributed by atoms with van der Waals surface area (Å²) in [5.41, 5.74) is 0.614. The van der Waals surface area contributed by atoms with Crippen LogP contribution >= 0.6 is 12.6 Å². The molecule has 0 radical (unpaired) electrons. The summed E-state index contributed by atoms with van der Waals surface area (Å²) in [6.45, 7) is 2.20. The molecule has 100 valence electrons. The molecule has 0 fully saturated rings. The fourth-order valence-corrected chi connectivity index (χ4v) is 1.75. The minimum absolute atomic E-state index is 0.203. The van der Waals surface area contributed by atoms with Gasteiger partial charge in [-0.25, -0.2) is 0 Å². The van der Waals surface area contributed by atoms with Gasteiger partial charge in [0.05, 0.1) is 6.61 Å². The average molecular weight is 270 g/mol. The predicted octanol–water partition coefficient (Wildman–Crippen LogP) is 3.17. The molecule has 0 saturated heterocycles. The van der Waals surface area contributed by atoms with Crippen molar-refractivity contribution in [3.05, 3.63) is 27.9 Å². The van der Waals surface area contributed by atoms with Crippen molar-refractivity contribution in [3.8, 4) is 5.75 Å². The van der Waals surface area contributed by atoms with Crippen LogP contribution in [0.1, 0.15) is 31.4 Å². The fraction of sp³-hybridized carbons (Fsp3) is 0.583. The highest BCUT2D eigenvalue weighted by Gasteiger charge is 2.17. The van der Waals surface area contributed by atoms with E-state index < -0.39 is 4.92 Å². The highest BCUT2D eigenvalue weighted by molar-refractivity contribution is 7.80. The number of unbranched alkanes of at least 4 members (excludes halogenated alkanes) is 3. The Kier molecular flexibility index (Phi) is 6.49. The van der Waals surface area contributed by atoms with E-state index in [4.69, 9.17) is 4.74 Å². The van der Waals surface area contributed by atoms with Gasteiger partial charge in [-0.15, -0.1) is 0 Å². The number of nitrogens with zero attached hydrogens (tertiary/aromatic N) is 2. The van der Waals surface area contributed by atoms with Gasteiger partial charge < -0.3 is 14.9 Å². The molecule has 1 aromatic rings. The van der Waals surface area contributed by atoms with Gasteiger partial charge in [-0.1, -0.05) is 12.8 Å². The van der Waals surface area contributed by atoms with Crippen molar-refractivity contribution in [2.75, 3.05) is 12.4 Å². The topological polar surface area (TPSA) is 65.3 Å². The number of pyridine rings is 1. The highest BCUT2D eigenvalue weighted by Crippen LogP contribution is 2.24. The first kappa shape index (κ1) is 14.8. The Labute approximate surface area is 112 Å². The lowest BCUT2D eigenvalue weighted by atomic mass is 10.2. The lowest BCUT2D eigenvalue weighted by molar-refractivity contribution is -0.390. The van der Waals surface area contributed by atoms with E-state index in [1.54, 1.807) is 19.1 Å². The van der Waals surface area contributed by atoms with Crippen LogP contribution in [-0.4, -0.2) is 22.3 Å². The monoisotopic (exact) mass is 270 g/mol. The van der Waals surface area contributed by atoms with Gasteiger partial charge in [-0.05, 0) is 40.6 Å². The zero-order valence-corrected chi connectivity index (χ0v) is 11.4. The Morgan fingerprint density at radius 1 is 1.33 bits per heavy atom. The molecule has 0 atom stereocenters. The summed E-state index contributed by atoms with van der Waals surface area (Å²) < 4.78 is 5.41. The Morgan fingerprint density at radius 2 is 2.06 bits per heavy atom. The molecule has 5 nitrogen and oxygen atoms in total. The number of aryl methyl sites for hydroxylation is 1. The summed E-state index contributed by atoms with van der Waals surface area (Å²) in [6.07, 6.45) is 4.14. The number of hydrogen-bond donors (Lipinski definition) is 1. The van der Waals surface area contributed by atoms with Crippen molar-refractivity contribution in [2.24, 2.45) is 0 Å². The van der Waals surface area contributed by atoms with Crippen LogP contribution in [0.5, 0.6) is 5.75 Å². The molecule has 0 aliphatic rings. The number of aromatic nitrogens is 1. The molecular formula is C12H18N2O3S. The van der Waals surface area contributed by atoms with E-state index in [0.29, 0.717) is 12.3 Å². The first-order valence-electron chi connectivity index (χ1n) is 6.01. The third-order valence-electron chi connectivity index (χ3n) is 2.46. The summed E-state index contributed by atoms with van der Waals surface area (Å²) in [5, 5.41) is 10.8. The number of thiol groups is 1. The van der Waals surface area contributed by atoms with Crippen molar-refractivity contribution < 1.29 is 9.66 Å². The molecule has 6 heteroatoms. The molecule has 0 saturated carbocycles. The number of ether oxygens (including phenoxy) is 1. The van der Waals surface area contributed by atoms with E-state index in [9.17, 15) is 10.1 Å². The second-order valence-corrected chi connectivity index (χ2v) is 4.46. The van der Waals surface area contributed by atoms with Crippen molar-refractivity contribution in [1.29, 1.82) is 0 Å². The van der Waals surface area contributed by atoms with E-state index in [2.05, 4.69) is 17.6 Å². The van der Waals surface area contributed by atoms with Crippen LogP contribution in [0.3, 0.4) is 0 Å². The van der Waals surface area contributed by atoms with Gasteiger partial charge in [-0.3, -0.25) is 0 Å². The van der Waals surface area contributed by atoms with Crippen molar-refractivity contribution in [2.45, 2.75) is 32.6 Å². The summed E-state index contributed by atoms with van der Waals surface area (Å²) >= 11 is 4.13. The Bertz CT molecular complexity index is 399. The van der Waals surface area contributed by atoms with Crippen LogP contribution < -0.4 is 4.74 Å². The Hall–Kier alpha value is -1.30. The zero-order valence-electron chi connectivity index (χ0n) is 10.5. The summed E-state index contributed by atoms with van der Waals surface area (Å²) in [5.74, 6) is 0.943. The van der Waals surface area contributed by atoms with Gasteiger partial charge in [0.2, 0.25) is 5.75 Å². The quantitative estimate of drug-likeness (QED) is 0.341. The maximum absolute atomic E-state index is 10.8. The van der Waals surface area contributed by atoms with Gasteiger partial charge >= 0.3 is 5.82 Å². The van der Waals surface area contributed by atoms with E-state index in [1.165, 1.54) is 0 Å². The van der Waals surface area contributed by atoms with E-state index in [-0.39, 0.29) is 11.6 Å². The average Bonchev–Trinajstić information content (AvgIpc) is 2.35. The first-order chi connectivity index (χ1) is 8.65. The van der Waals surface area contributed by atoms with Gasteiger partial charge in [0.1, 0.15) is 5.69 Å². The molecule has 0 unspecified atom stereocenters. The van der Waals surface area contributed by atoms with E-state index >= 15 is 0 Å². The molecule has 0 aliphatic heterocycles. The SMILES string of the molecule is Cc1ccc(OCCCCCCS)c([N+](=O)[O-])n1. The summed E-state index contributed by atoms with van der Waals surface area (Å²) in [4.78, 5) is 14.2. The van der Waals surface area contributed by atoms with Crippen LogP contribution in [0.25, 0.3) is 0 Å². The maximum Gasteiger partial charge on any atom is 0.406 e. The molecule has 18 heavy (non-hydrogen) atoms. The number of hydrogen-bond acceptors (Lipinski definition) is 5. The minimum atomic E-state index is -0.511. The molecule has 0 aromatic carbocycles. The van der Waals surface area contributed by atoms with Gasteiger partial charge in [-0.2, -0.15) is 12.6 Å². The molecule has 1 rings (SSSR count). The van der Waals surface area contributed by atoms with Crippen molar-refractivity contribution in [3.63, 3.8) is 0 Å². The van der Waals surface area contributed by atoms with Crippen LogP contribution in [-0.2, 0) is 0 Å². The predicted molar refractivity (Wildman–Crippen MR) is 73.4 cm³/mol. The molecule has 0 amide bonds. The molecule has 1 heterocycles. The van der Waals surface area contributed by atoms with Gasteiger partial charge in [0.25, 0.3) is 0 Å². The third-order valence-corrected chi connectivity index (χ3v) is 2.78. The number of nitro groups is 1. The first-order valence-corrected chi connectivity index (χ1v) is 6.64. The van der Waals surface area contributed by atoms with Crippen LogP contribution in [0, 0.1) is 17.0 Å². The van der Waals surface area contributed by atoms with Gasteiger partial charge in [0.15, 0.2) is 0 Å². The smallest absolute Gasteiger partial charge is 0.406 e. The zero-order chi connectivity index (χ0) is 13.4.